The second kappa shape index (κ2) is 6.37. The first-order chi connectivity index (χ1) is 10.7. The Bertz CT molecular complexity index is 681. The minimum Gasteiger partial charge on any atom is -0.340 e. The van der Waals surface area contributed by atoms with E-state index in [4.69, 9.17) is 0 Å². The average Bonchev–Trinajstić information content (AvgIpc) is 2.80. The number of anilines is 1. The molecule has 116 valence electrons. The van der Waals surface area contributed by atoms with Crippen LogP contribution in [0.1, 0.15) is 12.2 Å². The van der Waals surface area contributed by atoms with Crippen molar-refractivity contribution in [3.05, 3.63) is 34.8 Å². The molecule has 0 aliphatic carbocycles. The minimum atomic E-state index is -0.397. The van der Waals surface area contributed by atoms with Crippen molar-refractivity contribution in [2.45, 2.75) is 12.8 Å². The van der Waals surface area contributed by atoms with Crippen LogP contribution in [0.5, 0.6) is 0 Å². The van der Waals surface area contributed by atoms with Gasteiger partial charge >= 0.3 is 5.69 Å². The quantitative estimate of drug-likeness (QED) is 0.765. The molecule has 0 spiro atoms. The highest BCUT2D eigenvalue weighted by atomic mass is 16.2. The van der Waals surface area contributed by atoms with E-state index in [2.05, 4.69) is 30.0 Å². The van der Waals surface area contributed by atoms with Crippen LogP contribution in [0.4, 0.5) is 5.95 Å². The van der Waals surface area contributed by atoms with Gasteiger partial charge in [0.2, 0.25) is 11.9 Å². The van der Waals surface area contributed by atoms with E-state index >= 15 is 0 Å². The summed E-state index contributed by atoms with van der Waals surface area (Å²) in [7, 11) is 0. The summed E-state index contributed by atoms with van der Waals surface area (Å²) in [5.74, 6) is 1.01. The Kier molecular flexibility index (Phi) is 4.12. The Morgan fingerprint density at radius 1 is 1.18 bits per heavy atom. The van der Waals surface area contributed by atoms with Gasteiger partial charge in [-0.25, -0.2) is 19.9 Å². The van der Waals surface area contributed by atoms with Crippen molar-refractivity contribution in [2.75, 3.05) is 31.1 Å². The summed E-state index contributed by atoms with van der Waals surface area (Å²) in [6, 6.07) is 1.78. The van der Waals surface area contributed by atoms with Crippen LogP contribution < -0.4 is 10.6 Å². The van der Waals surface area contributed by atoms with Crippen LogP contribution in [-0.4, -0.2) is 62.1 Å². The maximum atomic E-state index is 12.3. The van der Waals surface area contributed by atoms with Crippen LogP contribution in [0.15, 0.2) is 23.3 Å². The van der Waals surface area contributed by atoms with Crippen LogP contribution in [0, 0.1) is 0 Å². The molecule has 9 nitrogen and oxygen atoms in total. The van der Waals surface area contributed by atoms with Crippen molar-refractivity contribution < 1.29 is 4.79 Å². The predicted octanol–water partition coefficient (Wildman–Crippen LogP) is -0.831. The van der Waals surface area contributed by atoms with Crippen LogP contribution in [0.3, 0.4) is 0 Å². The third-order valence-corrected chi connectivity index (χ3v) is 3.55. The molecule has 9 heteroatoms. The number of rotatable bonds is 3. The average molecular weight is 303 g/mol. The second-order valence-corrected chi connectivity index (χ2v) is 5.07. The van der Waals surface area contributed by atoms with Crippen molar-refractivity contribution in [1.82, 2.24) is 30.0 Å². The number of amides is 1. The Hall–Kier alpha value is -2.71. The number of nitrogens with zero attached hydrogens (tertiary/aromatic N) is 5. The molecular weight excluding hydrogens is 286 g/mol. The highest BCUT2D eigenvalue weighted by Gasteiger charge is 2.21. The molecule has 0 bridgehead atoms. The van der Waals surface area contributed by atoms with E-state index in [1.807, 2.05) is 0 Å². The van der Waals surface area contributed by atoms with E-state index in [9.17, 15) is 9.59 Å². The fraction of sp³-hybridized carbons (Fsp3) is 0.462. The molecule has 2 aromatic rings. The van der Waals surface area contributed by atoms with Crippen LogP contribution in [0.25, 0.3) is 0 Å². The topological polar surface area (TPSA) is 111 Å². The van der Waals surface area contributed by atoms with E-state index < -0.39 is 5.69 Å². The Balaban J connectivity index is 1.60. The summed E-state index contributed by atoms with van der Waals surface area (Å²) in [4.78, 5) is 38.1. The van der Waals surface area contributed by atoms with Gasteiger partial charge in [0, 0.05) is 38.6 Å². The summed E-state index contributed by atoms with van der Waals surface area (Å²) in [5.41, 5.74) is -0.397. The summed E-state index contributed by atoms with van der Waals surface area (Å²) in [5, 5.41) is 6.03. The Morgan fingerprint density at radius 3 is 2.73 bits per heavy atom. The normalized spacial score (nSPS) is 15.6. The maximum absolute atomic E-state index is 12.3. The van der Waals surface area contributed by atoms with Gasteiger partial charge in [0.25, 0.3) is 0 Å². The molecule has 0 aromatic carbocycles. The molecule has 2 aromatic heterocycles. The molecule has 3 rings (SSSR count). The second-order valence-electron chi connectivity index (χ2n) is 5.07. The van der Waals surface area contributed by atoms with E-state index in [1.54, 1.807) is 23.4 Å². The molecule has 1 fully saturated rings. The van der Waals surface area contributed by atoms with Crippen molar-refractivity contribution in [2.24, 2.45) is 0 Å². The zero-order valence-electron chi connectivity index (χ0n) is 12.0. The van der Waals surface area contributed by atoms with Crippen molar-refractivity contribution in [3.63, 3.8) is 0 Å². The minimum absolute atomic E-state index is 0.0430. The molecule has 1 amide bonds. The molecular formula is C13H17N7O2. The molecule has 1 aliphatic heterocycles. The highest BCUT2D eigenvalue weighted by molar-refractivity contribution is 5.78. The molecule has 0 atom stereocenters. The molecule has 0 radical (unpaired) electrons. The van der Waals surface area contributed by atoms with Gasteiger partial charge in [-0.3, -0.25) is 9.78 Å². The Morgan fingerprint density at radius 2 is 2.00 bits per heavy atom. The van der Waals surface area contributed by atoms with Crippen molar-refractivity contribution >= 4 is 11.9 Å². The van der Waals surface area contributed by atoms with Gasteiger partial charge in [-0.05, 0) is 12.5 Å². The molecule has 1 saturated heterocycles. The SMILES string of the molecule is O=C(Cc1n[nH]c(=O)[nH]1)N1CCCN(c2ncccn2)CC1. The van der Waals surface area contributed by atoms with E-state index in [-0.39, 0.29) is 12.3 Å². The zero-order valence-corrected chi connectivity index (χ0v) is 12.0. The molecule has 22 heavy (non-hydrogen) atoms. The van der Waals surface area contributed by atoms with Gasteiger partial charge in [-0.2, -0.15) is 5.10 Å². The van der Waals surface area contributed by atoms with Gasteiger partial charge in [0.15, 0.2) is 0 Å². The van der Waals surface area contributed by atoms with Gasteiger partial charge in [-0.15, -0.1) is 0 Å². The number of nitrogens with one attached hydrogen (secondary N) is 2. The summed E-state index contributed by atoms with van der Waals surface area (Å²) < 4.78 is 0. The number of carbonyl (C=O) groups is 1. The lowest BCUT2D eigenvalue weighted by molar-refractivity contribution is -0.130. The first-order valence-electron chi connectivity index (χ1n) is 7.15. The first kappa shape index (κ1) is 14.2. The number of carbonyl (C=O) groups excluding carboxylic acids is 1. The summed E-state index contributed by atoms with van der Waals surface area (Å²) in [6.07, 6.45) is 4.37. The molecule has 1 aliphatic rings. The largest absolute Gasteiger partial charge is 0.340 e. The van der Waals surface area contributed by atoms with Crippen LogP contribution in [-0.2, 0) is 11.2 Å². The van der Waals surface area contributed by atoms with E-state index in [0.717, 1.165) is 13.0 Å². The predicted molar refractivity (Wildman–Crippen MR) is 78.4 cm³/mol. The van der Waals surface area contributed by atoms with Crippen LogP contribution in [0.2, 0.25) is 0 Å². The molecule has 3 heterocycles. The first-order valence-corrected chi connectivity index (χ1v) is 7.15. The van der Waals surface area contributed by atoms with Crippen molar-refractivity contribution in [1.29, 1.82) is 0 Å². The van der Waals surface area contributed by atoms with E-state index in [1.165, 1.54) is 0 Å². The van der Waals surface area contributed by atoms with Gasteiger partial charge in [0.05, 0.1) is 6.42 Å². The number of aromatic amines is 2. The third-order valence-electron chi connectivity index (χ3n) is 3.55. The fourth-order valence-electron chi connectivity index (χ4n) is 2.47. The number of H-pyrrole nitrogens is 2. The standard InChI is InChI=1S/C13H17N7O2/c21-11(9-10-16-13(22)18-17-10)19-5-2-6-20(8-7-19)12-14-3-1-4-15-12/h1,3-4H,2,5-9H2,(H2,16,17,18,22). The number of aromatic nitrogens is 5. The van der Waals surface area contributed by atoms with Gasteiger partial charge in [0.1, 0.15) is 5.82 Å². The molecule has 2 N–H and O–H groups in total. The molecule has 0 saturated carbocycles. The lowest BCUT2D eigenvalue weighted by atomic mass is 10.3. The van der Waals surface area contributed by atoms with Crippen molar-refractivity contribution in [3.8, 4) is 0 Å². The summed E-state index contributed by atoms with van der Waals surface area (Å²) >= 11 is 0. The van der Waals surface area contributed by atoms with Gasteiger partial charge in [-0.1, -0.05) is 0 Å². The monoisotopic (exact) mass is 303 g/mol. The lowest BCUT2D eigenvalue weighted by Crippen LogP contribution is -2.36. The van der Waals surface area contributed by atoms with Crippen LogP contribution >= 0.6 is 0 Å². The summed E-state index contributed by atoms with van der Waals surface area (Å²) in [6.45, 7) is 2.78. The van der Waals surface area contributed by atoms with Gasteiger partial charge < -0.3 is 9.80 Å². The highest BCUT2D eigenvalue weighted by Crippen LogP contribution is 2.10. The number of hydrogen-bond acceptors (Lipinski definition) is 6. The number of hydrogen-bond donors (Lipinski definition) is 2. The Labute approximate surface area is 126 Å². The maximum Gasteiger partial charge on any atom is 0.340 e. The lowest BCUT2D eigenvalue weighted by Gasteiger charge is -2.21. The smallest absolute Gasteiger partial charge is 0.340 e. The zero-order chi connectivity index (χ0) is 15.4. The fourth-order valence-corrected chi connectivity index (χ4v) is 2.47. The van der Waals surface area contributed by atoms with E-state index in [0.29, 0.717) is 31.4 Å². The third kappa shape index (κ3) is 3.30. The molecule has 0 unspecified atom stereocenters.